The van der Waals surface area contributed by atoms with Crippen LogP contribution in [0.2, 0.25) is 0 Å². The Labute approximate surface area is 310 Å². The zero-order valence-corrected chi connectivity index (χ0v) is 30.6. The van der Waals surface area contributed by atoms with E-state index in [1.165, 1.54) is 6.33 Å². The van der Waals surface area contributed by atoms with Crippen molar-refractivity contribution in [2.45, 2.75) is 63.5 Å². The maximum atomic E-state index is 13.9. The number of H-pyrrole nitrogens is 1. The summed E-state index contributed by atoms with van der Waals surface area (Å²) in [6.45, 7) is 6.02. The number of ether oxygens (including phenoxy) is 3. The number of likely N-dealkylation sites (tertiary alicyclic amines) is 1. The van der Waals surface area contributed by atoms with Crippen molar-refractivity contribution in [1.29, 1.82) is 0 Å². The zero-order chi connectivity index (χ0) is 37.4. The molecule has 2 unspecified atom stereocenters. The number of aliphatic hydroxyl groups is 1. The number of aromatic amines is 1. The number of anilines is 1. The molecule has 6 aromatic rings. The minimum atomic E-state index is -0.899. The maximum Gasteiger partial charge on any atom is 0.411 e. The van der Waals surface area contributed by atoms with Gasteiger partial charge < -0.3 is 30.0 Å². The van der Waals surface area contributed by atoms with Crippen molar-refractivity contribution in [2.75, 3.05) is 19.5 Å². The summed E-state index contributed by atoms with van der Waals surface area (Å²) >= 11 is 0. The highest BCUT2D eigenvalue weighted by molar-refractivity contribution is 5.87. The Bertz CT molecular complexity index is 1950. The Morgan fingerprint density at radius 3 is 1.92 bits per heavy atom. The lowest BCUT2D eigenvalue weighted by Crippen LogP contribution is -2.45. The van der Waals surface area contributed by atoms with E-state index in [-0.39, 0.29) is 31.4 Å². The van der Waals surface area contributed by atoms with Gasteiger partial charge >= 0.3 is 6.09 Å². The highest BCUT2D eigenvalue weighted by Gasteiger charge is 2.44. The summed E-state index contributed by atoms with van der Waals surface area (Å²) in [5, 5.41) is 8.66. The molecule has 2 atom stereocenters. The lowest BCUT2D eigenvalue weighted by molar-refractivity contribution is -0.0308. The average Bonchev–Trinajstić information content (AvgIpc) is 3.81. The third kappa shape index (κ3) is 8.19. The van der Waals surface area contributed by atoms with Gasteiger partial charge in [-0.1, -0.05) is 103 Å². The van der Waals surface area contributed by atoms with E-state index >= 15 is 0 Å². The maximum absolute atomic E-state index is 13.9. The van der Waals surface area contributed by atoms with E-state index in [9.17, 15) is 4.79 Å². The molecule has 7 rings (SSSR count). The SMILES string of the molecule is CC(C)(C)OC(=O)N1C(COC(c2ccccc2)(c2ccccc2)c2ccccc2)CCC1c1c[nH]c2c(N)ncnc12.COc1ccc(CO)cc1. The van der Waals surface area contributed by atoms with Crippen LogP contribution in [0.4, 0.5) is 10.6 Å². The molecule has 1 aliphatic rings. The van der Waals surface area contributed by atoms with Gasteiger partial charge in [0.1, 0.15) is 28.8 Å². The molecule has 10 nitrogen and oxygen atoms in total. The number of hydrogen-bond donors (Lipinski definition) is 3. The third-order valence-corrected chi connectivity index (χ3v) is 9.36. The van der Waals surface area contributed by atoms with Gasteiger partial charge in [-0.3, -0.25) is 4.90 Å². The van der Waals surface area contributed by atoms with Crippen LogP contribution in [0.1, 0.15) is 67.5 Å². The van der Waals surface area contributed by atoms with Gasteiger partial charge in [-0.15, -0.1) is 0 Å². The van der Waals surface area contributed by atoms with Gasteiger partial charge in [0.15, 0.2) is 5.82 Å². The Balaban J connectivity index is 0.000000417. The average molecular weight is 714 g/mol. The topological polar surface area (TPSA) is 136 Å². The predicted molar refractivity (Wildman–Crippen MR) is 206 cm³/mol. The number of carbonyl (C=O) groups is 1. The number of nitrogens with zero attached hydrogens (tertiary/aromatic N) is 3. The summed E-state index contributed by atoms with van der Waals surface area (Å²) in [6.07, 6.45) is 4.40. The fourth-order valence-electron chi connectivity index (χ4n) is 6.90. The number of hydrogen-bond acceptors (Lipinski definition) is 8. The molecule has 1 amide bonds. The smallest absolute Gasteiger partial charge is 0.411 e. The van der Waals surface area contributed by atoms with Crippen molar-refractivity contribution < 1.29 is 24.1 Å². The first-order chi connectivity index (χ1) is 25.6. The Kier molecular flexibility index (Phi) is 11.4. The second kappa shape index (κ2) is 16.3. The molecule has 2 aromatic heterocycles. The highest BCUT2D eigenvalue weighted by atomic mass is 16.6. The molecule has 1 fully saturated rings. The van der Waals surface area contributed by atoms with E-state index < -0.39 is 11.2 Å². The summed E-state index contributed by atoms with van der Waals surface area (Å²) in [4.78, 5) is 27.6. The van der Waals surface area contributed by atoms with Crippen LogP contribution in [0, 0.1) is 0 Å². The molecule has 4 aromatic carbocycles. The van der Waals surface area contributed by atoms with E-state index in [2.05, 4.69) is 51.4 Å². The van der Waals surface area contributed by atoms with Gasteiger partial charge in [-0.2, -0.15) is 0 Å². The number of carbonyl (C=O) groups excluding carboxylic acids is 1. The lowest BCUT2D eigenvalue weighted by Gasteiger charge is -2.38. The van der Waals surface area contributed by atoms with Crippen LogP contribution in [-0.4, -0.2) is 56.4 Å². The van der Waals surface area contributed by atoms with E-state index in [1.807, 2.05) is 111 Å². The summed E-state index contributed by atoms with van der Waals surface area (Å²) in [7, 11) is 1.62. The molecule has 0 saturated carbocycles. The zero-order valence-electron chi connectivity index (χ0n) is 30.6. The van der Waals surface area contributed by atoms with E-state index in [0.29, 0.717) is 16.9 Å². The van der Waals surface area contributed by atoms with Gasteiger partial charge in [0.2, 0.25) is 0 Å². The minimum absolute atomic E-state index is 0.0873. The van der Waals surface area contributed by atoms with Gasteiger partial charge in [0, 0.05) is 11.8 Å². The number of methoxy groups -OCH3 is 1. The molecule has 1 aliphatic heterocycles. The second-order valence-corrected chi connectivity index (χ2v) is 14.0. The molecular weight excluding hydrogens is 667 g/mol. The number of rotatable bonds is 9. The van der Waals surface area contributed by atoms with Crippen LogP contribution in [0.5, 0.6) is 5.75 Å². The van der Waals surface area contributed by atoms with Crippen LogP contribution in [0.25, 0.3) is 11.0 Å². The molecule has 0 spiro atoms. The molecule has 0 bridgehead atoms. The summed E-state index contributed by atoms with van der Waals surface area (Å²) in [6, 6.07) is 37.6. The monoisotopic (exact) mass is 713 g/mol. The Morgan fingerprint density at radius 2 is 1.42 bits per heavy atom. The van der Waals surface area contributed by atoms with E-state index in [0.717, 1.165) is 46.4 Å². The molecule has 3 heterocycles. The van der Waals surface area contributed by atoms with Crippen molar-refractivity contribution in [3.8, 4) is 5.75 Å². The van der Waals surface area contributed by atoms with Crippen molar-refractivity contribution >= 4 is 22.9 Å². The number of aliphatic hydroxyl groups excluding tert-OH is 1. The molecule has 4 N–H and O–H groups in total. The van der Waals surface area contributed by atoms with E-state index in [4.69, 9.17) is 25.1 Å². The number of fused-ring (bicyclic) bond motifs is 1. The molecular formula is C43H47N5O5. The molecule has 0 aliphatic carbocycles. The van der Waals surface area contributed by atoms with Gasteiger partial charge in [0.05, 0.1) is 37.9 Å². The number of aromatic nitrogens is 3. The Hall–Kier alpha value is -5.71. The van der Waals surface area contributed by atoms with Gasteiger partial charge in [-0.25, -0.2) is 14.8 Å². The van der Waals surface area contributed by atoms with Crippen molar-refractivity contribution in [3.63, 3.8) is 0 Å². The van der Waals surface area contributed by atoms with Crippen LogP contribution in [0.3, 0.4) is 0 Å². The quantitative estimate of drug-likeness (QED) is 0.128. The summed E-state index contributed by atoms with van der Waals surface area (Å²) < 4.78 is 18.0. The first kappa shape index (κ1) is 37.1. The number of nitrogen functional groups attached to an aromatic ring is 1. The molecule has 0 radical (unpaired) electrons. The van der Waals surface area contributed by atoms with Crippen LogP contribution >= 0.6 is 0 Å². The molecule has 53 heavy (non-hydrogen) atoms. The summed E-state index contributed by atoms with van der Waals surface area (Å²) in [5.74, 6) is 1.19. The second-order valence-electron chi connectivity index (χ2n) is 14.0. The molecule has 1 saturated heterocycles. The Morgan fingerprint density at radius 1 is 0.849 bits per heavy atom. The number of nitrogens with two attached hydrogens (primary N) is 1. The highest BCUT2D eigenvalue weighted by Crippen LogP contribution is 2.44. The van der Waals surface area contributed by atoms with Crippen LogP contribution < -0.4 is 10.5 Å². The third-order valence-electron chi connectivity index (χ3n) is 9.36. The minimum Gasteiger partial charge on any atom is -0.497 e. The fraction of sp³-hybridized carbons (Fsp3) is 0.279. The van der Waals surface area contributed by atoms with Gasteiger partial charge in [-0.05, 0) is 68.0 Å². The van der Waals surface area contributed by atoms with Crippen molar-refractivity contribution in [3.05, 3.63) is 156 Å². The van der Waals surface area contributed by atoms with Crippen LogP contribution in [0.15, 0.2) is 128 Å². The predicted octanol–water partition coefficient (Wildman–Crippen LogP) is 8.18. The standard InChI is InChI=1S/C35H37N5O3.C8H10O2/c1-34(2,3)43-33(41)40-27(19-20-29(40)28-21-37-31-30(28)38-23-39-32(31)36)22-42-35(24-13-7-4-8-14-24,25-15-9-5-10-16-25)26-17-11-6-12-18-26;1-10-8-4-2-7(6-9)3-5-8/h4-18,21,23,27,29,37H,19-20,22H2,1-3H3,(H2,36,38,39);2-5,9H,6H2,1H3. The largest absolute Gasteiger partial charge is 0.497 e. The fourth-order valence-corrected chi connectivity index (χ4v) is 6.90. The lowest BCUT2D eigenvalue weighted by atomic mass is 9.80. The molecule has 10 heteroatoms. The first-order valence-corrected chi connectivity index (χ1v) is 17.8. The van der Waals surface area contributed by atoms with E-state index in [1.54, 1.807) is 7.11 Å². The first-order valence-electron chi connectivity index (χ1n) is 17.8. The van der Waals surface area contributed by atoms with Crippen molar-refractivity contribution in [1.82, 2.24) is 19.9 Å². The summed E-state index contributed by atoms with van der Waals surface area (Å²) in [5.41, 5.74) is 10.8. The number of benzene rings is 4. The van der Waals surface area contributed by atoms with Gasteiger partial charge in [0.25, 0.3) is 0 Å². The van der Waals surface area contributed by atoms with Crippen molar-refractivity contribution in [2.24, 2.45) is 0 Å². The van der Waals surface area contributed by atoms with Crippen LogP contribution in [-0.2, 0) is 21.7 Å². The molecule has 274 valence electrons. The number of nitrogens with one attached hydrogen (secondary N) is 1. The normalized spacial score (nSPS) is 15.8. The number of amides is 1.